The van der Waals surface area contributed by atoms with E-state index in [-0.39, 0.29) is 17.7 Å². The Morgan fingerprint density at radius 1 is 1.12 bits per heavy atom. The maximum absolute atomic E-state index is 12.7. The van der Waals surface area contributed by atoms with Crippen molar-refractivity contribution < 1.29 is 14.3 Å². The van der Waals surface area contributed by atoms with Gasteiger partial charge >= 0.3 is 0 Å². The van der Waals surface area contributed by atoms with Crippen molar-refractivity contribution in [2.45, 2.75) is 18.9 Å². The minimum absolute atomic E-state index is 0.00285. The van der Waals surface area contributed by atoms with Crippen LogP contribution in [0.4, 0.5) is 0 Å². The highest BCUT2D eigenvalue weighted by atomic mass is 16.3. The van der Waals surface area contributed by atoms with Gasteiger partial charge in [-0.3, -0.25) is 9.69 Å². The van der Waals surface area contributed by atoms with Crippen LogP contribution in [0.15, 0.2) is 59.2 Å². The van der Waals surface area contributed by atoms with Crippen molar-refractivity contribution in [2.75, 3.05) is 19.6 Å². The van der Waals surface area contributed by atoms with Crippen LogP contribution in [0.2, 0.25) is 0 Å². The van der Waals surface area contributed by atoms with Crippen molar-refractivity contribution in [1.82, 2.24) is 10.2 Å². The number of carbonyl (C=O) groups is 1. The fourth-order valence-corrected chi connectivity index (χ4v) is 3.64. The van der Waals surface area contributed by atoms with Crippen molar-refractivity contribution >= 4 is 16.7 Å². The normalized spacial score (nSPS) is 16.0. The average molecular weight is 350 g/mol. The Morgan fingerprint density at radius 3 is 2.54 bits per heavy atom. The quantitative estimate of drug-likeness (QED) is 0.736. The highest BCUT2D eigenvalue weighted by Crippen LogP contribution is 2.27. The monoisotopic (exact) mass is 350 g/mol. The number of rotatable bonds is 5. The number of benzene rings is 2. The molecule has 2 aromatic carbocycles. The van der Waals surface area contributed by atoms with Gasteiger partial charge in [-0.25, -0.2) is 0 Å². The molecule has 0 aliphatic carbocycles. The van der Waals surface area contributed by atoms with Gasteiger partial charge in [0.2, 0.25) is 0 Å². The molecule has 1 aliphatic rings. The van der Waals surface area contributed by atoms with Crippen molar-refractivity contribution in [3.8, 4) is 5.75 Å². The molecule has 5 nitrogen and oxygen atoms in total. The lowest BCUT2D eigenvalue weighted by molar-refractivity contribution is 0.0931. The van der Waals surface area contributed by atoms with E-state index in [1.54, 1.807) is 18.4 Å². The van der Waals surface area contributed by atoms with Gasteiger partial charge in [-0.05, 0) is 61.0 Å². The van der Waals surface area contributed by atoms with E-state index >= 15 is 0 Å². The van der Waals surface area contributed by atoms with E-state index in [1.165, 1.54) is 0 Å². The third-order valence-electron chi connectivity index (χ3n) is 5.02. The number of fused-ring (bicyclic) bond motifs is 1. The Morgan fingerprint density at radius 2 is 1.85 bits per heavy atom. The number of hydrogen-bond donors (Lipinski definition) is 2. The minimum Gasteiger partial charge on any atom is -0.507 e. The molecule has 1 aliphatic heterocycles. The first-order valence-corrected chi connectivity index (χ1v) is 9.00. The molecule has 26 heavy (non-hydrogen) atoms. The molecule has 2 N–H and O–H groups in total. The van der Waals surface area contributed by atoms with Gasteiger partial charge in [-0.1, -0.05) is 24.3 Å². The molecule has 4 rings (SSSR count). The first kappa shape index (κ1) is 16.7. The van der Waals surface area contributed by atoms with Crippen LogP contribution in [0, 0.1) is 0 Å². The fraction of sp³-hybridized carbons (Fsp3) is 0.286. The summed E-state index contributed by atoms with van der Waals surface area (Å²) in [6.45, 7) is 2.45. The molecule has 1 atom stereocenters. The van der Waals surface area contributed by atoms with Gasteiger partial charge < -0.3 is 14.8 Å². The van der Waals surface area contributed by atoms with Crippen LogP contribution in [0.3, 0.4) is 0 Å². The maximum atomic E-state index is 12.7. The van der Waals surface area contributed by atoms with E-state index < -0.39 is 0 Å². The standard InChI is InChI=1S/C21H22N2O3/c24-19-13-16-7-2-1-6-15(16)12-17(19)21(25)22-14-18(20-8-5-11-26-20)23-9-3-4-10-23/h1-2,5-8,11-13,18,24H,3-4,9-10,14H2,(H,22,25)/t18-/m0/s1. The molecule has 3 aromatic rings. The molecule has 1 aromatic heterocycles. The number of nitrogens with zero attached hydrogens (tertiary/aromatic N) is 1. The van der Waals surface area contributed by atoms with Crippen molar-refractivity contribution in [3.05, 3.63) is 66.1 Å². The van der Waals surface area contributed by atoms with Gasteiger partial charge in [0.1, 0.15) is 11.5 Å². The minimum atomic E-state index is -0.274. The highest BCUT2D eigenvalue weighted by Gasteiger charge is 2.26. The predicted octanol–water partition coefficient (Wildman–Crippen LogP) is 3.71. The van der Waals surface area contributed by atoms with Crippen LogP contribution in [0.1, 0.15) is 35.0 Å². The third kappa shape index (κ3) is 3.30. The van der Waals surface area contributed by atoms with Crippen molar-refractivity contribution in [2.24, 2.45) is 0 Å². The second-order valence-electron chi connectivity index (χ2n) is 6.70. The number of phenols is 1. The van der Waals surface area contributed by atoms with Crippen molar-refractivity contribution in [3.63, 3.8) is 0 Å². The van der Waals surface area contributed by atoms with Gasteiger partial charge in [0.15, 0.2) is 0 Å². The van der Waals surface area contributed by atoms with Gasteiger partial charge in [-0.2, -0.15) is 0 Å². The number of carbonyl (C=O) groups excluding carboxylic acids is 1. The number of amides is 1. The zero-order chi connectivity index (χ0) is 17.9. The van der Waals surface area contributed by atoms with Gasteiger partial charge in [0.05, 0.1) is 17.9 Å². The van der Waals surface area contributed by atoms with E-state index in [2.05, 4.69) is 10.2 Å². The van der Waals surface area contributed by atoms with E-state index in [4.69, 9.17) is 4.42 Å². The first-order valence-electron chi connectivity index (χ1n) is 9.00. The summed E-state index contributed by atoms with van der Waals surface area (Å²) in [7, 11) is 0. The van der Waals surface area contributed by atoms with Gasteiger partial charge in [0.25, 0.3) is 5.91 Å². The van der Waals surface area contributed by atoms with Crippen LogP contribution >= 0.6 is 0 Å². The largest absolute Gasteiger partial charge is 0.507 e. The van der Waals surface area contributed by atoms with Gasteiger partial charge in [-0.15, -0.1) is 0 Å². The number of phenolic OH excluding ortho intramolecular Hbond substituents is 1. The maximum Gasteiger partial charge on any atom is 0.255 e. The highest BCUT2D eigenvalue weighted by molar-refractivity contribution is 6.01. The molecule has 0 radical (unpaired) electrons. The zero-order valence-corrected chi connectivity index (χ0v) is 14.5. The number of furan rings is 1. The van der Waals surface area contributed by atoms with Gasteiger partial charge in [0, 0.05) is 6.54 Å². The molecule has 0 bridgehead atoms. The topological polar surface area (TPSA) is 65.7 Å². The molecule has 2 heterocycles. The van der Waals surface area contributed by atoms with Crippen molar-refractivity contribution in [1.29, 1.82) is 0 Å². The van der Waals surface area contributed by atoms with E-state index in [0.29, 0.717) is 12.1 Å². The lowest BCUT2D eigenvalue weighted by Gasteiger charge is -2.26. The van der Waals surface area contributed by atoms with Crippen LogP contribution in [-0.4, -0.2) is 35.5 Å². The summed E-state index contributed by atoms with van der Waals surface area (Å²) in [5.74, 6) is 0.580. The Kier molecular flexibility index (Phi) is 4.63. The molecule has 0 unspecified atom stereocenters. The molecular formula is C21H22N2O3. The fourth-order valence-electron chi connectivity index (χ4n) is 3.64. The molecule has 5 heteroatoms. The molecule has 0 spiro atoms. The lowest BCUT2D eigenvalue weighted by atomic mass is 10.1. The SMILES string of the molecule is O=C(NC[C@@H](c1ccco1)N1CCCC1)c1cc2ccccc2cc1O. The Hall–Kier alpha value is -2.79. The summed E-state index contributed by atoms with van der Waals surface area (Å²) < 4.78 is 5.59. The summed E-state index contributed by atoms with van der Waals surface area (Å²) >= 11 is 0. The summed E-state index contributed by atoms with van der Waals surface area (Å²) in [5, 5.41) is 15.1. The molecule has 1 fully saturated rings. The molecule has 134 valence electrons. The molecule has 1 amide bonds. The number of nitrogens with one attached hydrogen (secondary N) is 1. The second kappa shape index (κ2) is 7.22. The summed E-state index contributed by atoms with van der Waals surface area (Å²) in [6.07, 6.45) is 3.99. The molecule has 0 saturated carbocycles. The Labute approximate surface area is 152 Å². The molecular weight excluding hydrogens is 328 g/mol. The summed E-state index contributed by atoms with van der Waals surface area (Å²) in [6, 6.07) is 14.9. The number of likely N-dealkylation sites (tertiary alicyclic amines) is 1. The lowest BCUT2D eigenvalue weighted by Crippen LogP contribution is -2.36. The smallest absolute Gasteiger partial charge is 0.255 e. The average Bonchev–Trinajstić information content (AvgIpc) is 3.35. The van der Waals surface area contributed by atoms with Crippen LogP contribution in [0.25, 0.3) is 10.8 Å². The third-order valence-corrected chi connectivity index (χ3v) is 5.02. The number of hydrogen-bond acceptors (Lipinski definition) is 4. The van der Waals surface area contributed by atoms with Crippen LogP contribution < -0.4 is 5.32 Å². The summed E-state index contributed by atoms with van der Waals surface area (Å²) in [4.78, 5) is 15.0. The zero-order valence-electron chi connectivity index (χ0n) is 14.5. The van der Waals surface area contributed by atoms with E-state index in [0.717, 1.165) is 42.5 Å². The summed E-state index contributed by atoms with van der Waals surface area (Å²) in [5.41, 5.74) is 0.295. The van der Waals surface area contributed by atoms with Crippen LogP contribution in [0.5, 0.6) is 5.75 Å². The van der Waals surface area contributed by atoms with E-state index in [1.807, 2.05) is 36.4 Å². The molecule has 1 saturated heterocycles. The van der Waals surface area contributed by atoms with E-state index in [9.17, 15) is 9.90 Å². The first-order chi connectivity index (χ1) is 12.7. The van der Waals surface area contributed by atoms with Crippen LogP contribution in [-0.2, 0) is 0 Å². The predicted molar refractivity (Wildman–Crippen MR) is 100 cm³/mol. The Bertz CT molecular complexity index is 899. The number of aromatic hydroxyl groups is 1. The second-order valence-corrected chi connectivity index (χ2v) is 6.70. The Balaban J connectivity index is 1.52.